The van der Waals surface area contributed by atoms with Gasteiger partial charge in [0, 0.05) is 30.2 Å². The van der Waals surface area contributed by atoms with Crippen LogP contribution in [0.25, 0.3) is 10.9 Å². The van der Waals surface area contributed by atoms with E-state index in [0.717, 1.165) is 26.1 Å². The zero-order valence-electron chi connectivity index (χ0n) is 13.3. The van der Waals surface area contributed by atoms with E-state index in [0.29, 0.717) is 0 Å². The Kier molecular flexibility index (Phi) is 5.21. The van der Waals surface area contributed by atoms with Crippen LogP contribution in [0.1, 0.15) is 12.0 Å². The van der Waals surface area contributed by atoms with E-state index in [-0.39, 0.29) is 0 Å². The van der Waals surface area contributed by atoms with Crippen molar-refractivity contribution >= 4 is 10.9 Å². The Balaban J connectivity index is 2.17. The Bertz CT molecular complexity index is 540. The van der Waals surface area contributed by atoms with E-state index < -0.39 is 0 Å². The number of hydrogen-bond donors (Lipinski definition) is 0. The standard InChI is InChI=1S/C17H27N3/c1-18(2)11-7-8-15-14-20(13-12-19(3)4)17-10-6-5-9-16(15)17/h5-6,9-10,14H,7-8,11-13H2,1-4H3. The molecular weight excluding hydrogens is 246 g/mol. The lowest BCUT2D eigenvalue weighted by Gasteiger charge is -2.11. The Morgan fingerprint density at radius 3 is 2.35 bits per heavy atom. The highest BCUT2D eigenvalue weighted by Crippen LogP contribution is 2.22. The summed E-state index contributed by atoms with van der Waals surface area (Å²) in [6, 6.07) is 8.78. The van der Waals surface area contributed by atoms with E-state index in [9.17, 15) is 0 Å². The molecule has 0 radical (unpaired) electrons. The molecule has 1 aromatic carbocycles. The van der Waals surface area contributed by atoms with E-state index in [2.05, 4.69) is 73.0 Å². The minimum atomic E-state index is 1.06. The summed E-state index contributed by atoms with van der Waals surface area (Å²) >= 11 is 0. The highest BCUT2D eigenvalue weighted by atomic mass is 15.1. The van der Waals surface area contributed by atoms with Gasteiger partial charge in [0.2, 0.25) is 0 Å². The number of aromatic nitrogens is 1. The first-order valence-electron chi connectivity index (χ1n) is 7.44. The van der Waals surface area contributed by atoms with Crippen LogP contribution >= 0.6 is 0 Å². The van der Waals surface area contributed by atoms with Gasteiger partial charge in [-0.15, -0.1) is 0 Å². The normalized spacial score (nSPS) is 11.9. The lowest BCUT2D eigenvalue weighted by molar-refractivity contribution is 0.386. The second kappa shape index (κ2) is 6.91. The number of benzene rings is 1. The SMILES string of the molecule is CN(C)CCCc1cn(CCN(C)C)c2ccccc12. The molecule has 20 heavy (non-hydrogen) atoms. The van der Waals surface area contributed by atoms with Crippen LogP contribution in [0.2, 0.25) is 0 Å². The molecule has 0 bridgehead atoms. The Labute approximate surface area is 122 Å². The predicted molar refractivity (Wildman–Crippen MR) is 87.4 cm³/mol. The van der Waals surface area contributed by atoms with Crippen molar-refractivity contribution in [3.8, 4) is 0 Å². The fourth-order valence-corrected chi connectivity index (χ4v) is 2.60. The Morgan fingerprint density at radius 1 is 0.950 bits per heavy atom. The molecule has 110 valence electrons. The van der Waals surface area contributed by atoms with E-state index in [1.54, 1.807) is 0 Å². The van der Waals surface area contributed by atoms with Crippen molar-refractivity contribution in [1.29, 1.82) is 0 Å². The Morgan fingerprint density at radius 2 is 1.65 bits per heavy atom. The van der Waals surface area contributed by atoms with Crippen molar-refractivity contribution in [2.45, 2.75) is 19.4 Å². The fraction of sp³-hybridized carbons (Fsp3) is 0.529. The first-order valence-corrected chi connectivity index (χ1v) is 7.44. The van der Waals surface area contributed by atoms with Gasteiger partial charge in [0.05, 0.1) is 0 Å². The van der Waals surface area contributed by atoms with Crippen molar-refractivity contribution in [2.24, 2.45) is 0 Å². The molecule has 1 aromatic heterocycles. The summed E-state index contributed by atoms with van der Waals surface area (Å²) in [6.45, 7) is 3.29. The molecule has 0 saturated heterocycles. The largest absolute Gasteiger partial charge is 0.346 e. The van der Waals surface area contributed by atoms with Gasteiger partial charge in [-0.3, -0.25) is 0 Å². The topological polar surface area (TPSA) is 11.4 Å². The molecule has 3 nitrogen and oxygen atoms in total. The van der Waals surface area contributed by atoms with Gasteiger partial charge in [-0.25, -0.2) is 0 Å². The summed E-state index contributed by atoms with van der Waals surface area (Å²) in [5.41, 5.74) is 2.86. The summed E-state index contributed by atoms with van der Waals surface area (Å²) in [7, 11) is 8.54. The van der Waals surface area contributed by atoms with Gasteiger partial charge >= 0.3 is 0 Å². The molecular formula is C17H27N3. The van der Waals surface area contributed by atoms with Crippen LogP contribution in [0.5, 0.6) is 0 Å². The van der Waals surface area contributed by atoms with E-state index in [1.165, 1.54) is 22.9 Å². The van der Waals surface area contributed by atoms with E-state index in [4.69, 9.17) is 0 Å². The Hall–Kier alpha value is -1.32. The van der Waals surface area contributed by atoms with Crippen LogP contribution in [0.3, 0.4) is 0 Å². The van der Waals surface area contributed by atoms with Crippen molar-refractivity contribution < 1.29 is 0 Å². The summed E-state index contributed by atoms with van der Waals surface area (Å²) in [5.74, 6) is 0. The number of rotatable bonds is 7. The second-order valence-electron chi connectivity index (χ2n) is 6.07. The molecule has 0 spiro atoms. The van der Waals surface area contributed by atoms with Gasteiger partial charge in [0.15, 0.2) is 0 Å². The molecule has 0 aliphatic heterocycles. The molecule has 2 aromatic rings. The highest BCUT2D eigenvalue weighted by molar-refractivity contribution is 5.83. The van der Waals surface area contributed by atoms with Gasteiger partial charge in [0.1, 0.15) is 0 Å². The maximum absolute atomic E-state index is 2.40. The number of fused-ring (bicyclic) bond motifs is 1. The smallest absolute Gasteiger partial charge is 0.0483 e. The maximum Gasteiger partial charge on any atom is 0.0483 e. The third kappa shape index (κ3) is 3.84. The van der Waals surface area contributed by atoms with Crippen LogP contribution in [0.4, 0.5) is 0 Å². The number of hydrogen-bond acceptors (Lipinski definition) is 2. The third-order valence-electron chi connectivity index (χ3n) is 3.71. The number of likely N-dealkylation sites (N-methyl/N-ethyl adjacent to an activating group) is 1. The molecule has 0 aliphatic rings. The first-order chi connectivity index (χ1) is 9.58. The summed E-state index contributed by atoms with van der Waals surface area (Å²) in [4.78, 5) is 4.49. The lowest BCUT2D eigenvalue weighted by Crippen LogP contribution is -2.17. The molecule has 0 aliphatic carbocycles. The van der Waals surface area contributed by atoms with Gasteiger partial charge in [-0.1, -0.05) is 18.2 Å². The van der Waals surface area contributed by atoms with Crippen LogP contribution in [0, 0.1) is 0 Å². The van der Waals surface area contributed by atoms with Crippen LogP contribution < -0.4 is 0 Å². The summed E-state index contributed by atoms with van der Waals surface area (Å²) in [5, 5.41) is 1.42. The zero-order chi connectivity index (χ0) is 14.5. The molecule has 3 heteroatoms. The molecule has 1 heterocycles. The van der Waals surface area contributed by atoms with Gasteiger partial charge in [0.25, 0.3) is 0 Å². The van der Waals surface area contributed by atoms with E-state index in [1.807, 2.05) is 0 Å². The molecule has 0 fully saturated rings. The fourth-order valence-electron chi connectivity index (χ4n) is 2.60. The average Bonchev–Trinajstić information content (AvgIpc) is 2.75. The second-order valence-corrected chi connectivity index (χ2v) is 6.07. The minimum absolute atomic E-state index is 1.06. The van der Waals surface area contributed by atoms with Crippen LogP contribution in [-0.4, -0.2) is 55.6 Å². The van der Waals surface area contributed by atoms with Gasteiger partial charge in [-0.2, -0.15) is 0 Å². The molecule has 0 unspecified atom stereocenters. The van der Waals surface area contributed by atoms with E-state index >= 15 is 0 Å². The molecule has 2 rings (SSSR count). The molecule has 0 saturated carbocycles. The van der Waals surface area contributed by atoms with Crippen LogP contribution in [0.15, 0.2) is 30.5 Å². The van der Waals surface area contributed by atoms with Crippen molar-refractivity contribution in [3.63, 3.8) is 0 Å². The van der Waals surface area contributed by atoms with Gasteiger partial charge < -0.3 is 14.4 Å². The van der Waals surface area contributed by atoms with Crippen molar-refractivity contribution in [3.05, 3.63) is 36.0 Å². The molecule has 0 atom stereocenters. The third-order valence-corrected chi connectivity index (χ3v) is 3.71. The molecule has 0 amide bonds. The first kappa shape index (κ1) is 15.1. The van der Waals surface area contributed by atoms with Crippen molar-refractivity contribution in [1.82, 2.24) is 14.4 Å². The number of aryl methyl sites for hydroxylation is 1. The predicted octanol–water partition coefficient (Wildman–Crippen LogP) is 2.70. The zero-order valence-corrected chi connectivity index (χ0v) is 13.3. The monoisotopic (exact) mass is 273 g/mol. The minimum Gasteiger partial charge on any atom is -0.346 e. The molecule has 0 N–H and O–H groups in total. The van der Waals surface area contributed by atoms with Crippen LogP contribution in [-0.2, 0) is 13.0 Å². The average molecular weight is 273 g/mol. The quantitative estimate of drug-likeness (QED) is 0.768. The maximum atomic E-state index is 2.40. The summed E-state index contributed by atoms with van der Waals surface area (Å²) < 4.78 is 2.40. The van der Waals surface area contributed by atoms with Gasteiger partial charge in [-0.05, 0) is 59.2 Å². The highest BCUT2D eigenvalue weighted by Gasteiger charge is 2.08. The lowest BCUT2D eigenvalue weighted by atomic mass is 10.1. The number of para-hydroxylation sites is 1. The van der Waals surface area contributed by atoms with Crippen molar-refractivity contribution in [2.75, 3.05) is 41.3 Å². The number of nitrogens with zero attached hydrogens (tertiary/aromatic N) is 3. The summed E-state index contributed by atoms with van der Waals surface area (Å²) in [6.07, 6.45) is 4.73.